The third kappa shape index (κ3) is 8.03. The van der Waals surface area contributed by atoms with E-state index >= 15 is 0 Å². The molecule has 0 amide bonds. The van der Waals surface area contributed by atoms with Gasteiger partial charge in [-0.1, -0.05) is 13.8 Å². The minimum Gasteiger partial charge on any atom is -0.354 e. The molecule has 1 aromatic heterocycles. The van der Waals surface area contributed by atoms with Crippen LogP contribution in [0.1, 0.15) is 31.9 Å². The van der Waals surface area contributed by atoms with Gasteiger partial charge in [0.15, 0.2) is 5.96 Å². The number of likely N-dealkylation sites (N-methyl/N-ethyl adjacent to an activating group) is 1. The van der Waals surface area contributed by atoms with Crippen LogP contribution in [0.4, 0.5) is 13.2 Å². The van der Waals surface area contributed by atoms with Crippen LogP contribution in [0.25, 0.3) is 0 Å². The summed E-state index contributed by atoms with van der Waals surface area (Å²) in [6.07, 6.45) is -3.47. The minimum atomic E-state index is -4.15. The number of rotatable bonds is 8. The Bertz CT molecular complexity index is 578. The zero-order valence-corrected chi connectivity index (χ0v) is 19.8. The molecule has 1 aromatic rings. The molecular formula is C18H31F3IN5S. The monoisotopic (exact) mass is 533 g/mol. The summed E-state index contributed by atoms with van der Waals surface area (Å²) in [6.45, 7) is 6.85. The molecule has 5 nitrogen and oxygen atoms in total. The summed E-state index contributed by atoms with van der Waals surface area (Å²) >= 11 is 1.68. The summed E-state index contributed by atoms with van der Waals surface area (Å²) < 4.78 is 37.6. The molecule has 2 N–H and O–H groups in total. The van der Waals surface area contributed by atoms with Gasteiger partial charge in [0.05, 0.1) is 12.6 Å². The molecule has 0 spiro atoms. The van der Waals surface area contributed by atoms with Gasteiger partial charge in [0, 0.05) is 32.7 Å². The van der Waals surface area contributed by atoms with E-state index in [0.29, 0.717) is 32.0 Å². The number of alkyl halides is 3. The normalized spacial score (nSPS) is 19.5. The maximum absolute atomic E-state index is 12.5. The predicted octanol–water partition coefficient (Wildman–Crippen LogP) is 3.55. The molecule has 0 aliphatic carbocycles. The maximum Gasteiger partial charge on any atom is 0.401 e. The van der Waals surface area contributed by atoms with Crippen LogP contribution >= 0.6 is 35.3 Å². The standard InChI is InChI=1S/C18H30F3N5S.HI/c1-4-26(5-2)16(14-7-9-27-12-14)10-23-17(22-3)24-15-6-8-25(11-15)13-18(19,20)21;/h7,9,12,15-16H,4-6,8,10-11,13H2,1-3H3,(H2,22,23,24);1H. The summed E-state index contributed by atoms with van der Waals surface area (Å²) in [6, 6.07) is 2.35. The summed E-state index contributed by atoms with van der Waals surface area (Å²) in [5.41, 5.74) is 1.27. The van der Waals surface area contributed by atoms with Crippen molar-refractivity contribution in [3.63, 3.8) is 0 Å². The van der Waals surface area contributed by atoms with Gasteiger partial charge in [0.1, 0.15) is 0 Å². The second kappa shape index (κ2) is 12.2. The van der Waals surface area contributed by atoms with E-state index in [2.05, 4.69) is 51.2 Å². The van der Waals surface area contributed by atoms with Gasteiger partial charge in [-0.3, -0.25) is 14.8 Å². The number of hydrogen-bond acceptors (Lipinski definition) is 4. The lowest BCUT2D eigenvalue weighted by Gasteiger charge is -2.30. The van der Waals surface area contributed by atoms with E-state index in [-0.39, 0.29) is 36.1 Å². The number of hydrogen-bond donors (Lipinski definition) is 2. The highest BCUT2D eigenvalue weighted by atomic mass is 127. The fourth-order valence-electron chi connectivity index (χ4n) is 3.52. The van der Waals surface area contributed by atoms with Gasteiger partial charge in [-0.15, -0.1) is 24.0 Å². The van der Waals surface area contributed by atoms with Gasteiger partial charge in [0.25, 0.3) is 0 Å². The summed E-state index contributed by atoms with van der Waals surface area (Å²) in [5, 5.41) is 10.9. The van der Waals surface area contributed by atoms with Crippen LogP contribution in [0, 0.1) is 0 Å². The average Bonchev–Trinajstić information content (AvgIpc) is 3.28. The van der Waals surface area contributed by atoms with Crippen molar-refractivity contribution in [2.24, 2.45) is 4.99 Å². The third-order valence-corrected chi connectivity index (χ3v) is 5.59. The molecule has 2 heterocycles. The zero-order chi connectivity index (χ0) is 19.9. The lowest BCUT2D eigenvalue weighted by Crippen LogP contribution is -2.47. The molecule has 0 bridgehead atoms. The second-order valence-electron chi connectivity index (χ2n) is 6.73. The molecule has 162 valence electrons. The molecule has 2 atom stereocenters. The van der Waals surface area contributed by atoms with E-state index in [1.54, 1.807) is 18.4 Å². The highest BCUT2D eigenvalue weighted by molar-refractivity contribution is 14.0. The molecule has 0 saturated carbocycles. The van der Waals surface area contributed by atoms with Crippen molar-refractivity contribution >= 4 is 41.3 Å². The number of likely N-dealkylation sites (tertiary alicyclic amines) is 1. The SMILES string of the molecule is CCN(CC)C(CNC(=NC)NC1CCN(CC(F)(F)F)C1)c1ccsc1.I. The van der Waals surface area contributed by atoms with Gasteiger partial charge in [-0.25, -0.2) is 0 Å². The maximum atomic E-state index is 12.5. The van der Waals surface area contributed by atoms with Crippen molar-refractivity contribution in [1.29, 1.82) is 0 Å². The van der Waals surface area contributed by atoms with Crippen molar-refractivity contribution in [2.75, 3.05) is 46.3 Å². The first kappa shape index (κ1) is 25.4. The Hall–Kier alpha value is -0.590. The molecule has 0 aromatic carbocycles. The Morgan fingerprint density at radius 3 is 2.64 bits per heavy atom. The number of halogens is 4. The van der Waals surface area contributed by atoms with Crippen LogP contribution < -0.4 is 10.6 Å². The first-order valence-corrected chi connectivity index (χ1v) is 10.3. The van der Waals surface area contributed by atoms with Crippen molar-refractivity contribution in [2.45, 2.75) is 38.5 Å². The Balaban J connectivity index is 0.00000392. The van der Waals surface area contributed by atoms with E-state index in [1.165, 1.54) is 10.5 Å². The first-order valence-electron chi connectivity index (χ1n) is 9.38. The van der Waals surface area contributed by atoms with Gasteiger partial charge >= 0.3 is 6.18 Å². The minimum absolute atomic E-state index is 0. The summed E-state index contributed by atoms with van der Waals surface area (Å²) in [4.78, 5) is 8.07. The smallest absolute Gasteiger partial charge is 0.354 e. The van der Waals surface area contributed by atoms with E-state index in [9.17, 15) is 13.2 Å². The van der Waals surface area contributed by atoms with Crippen molar-refractivity contribution in [1.82, 2.24) is 20.4 Å². The Labute approximate surface area is 186 Å². The Kier molecular flexibility index (Phi) is 11.1. The largest absolute Gasteiger partial charge is 0.401 e. The number of nitrogens with zero attached hydrogens (tertiary/aromatic N) is 3. The van der Waals surface area contributed by atoms with Crippen LogP contribution in [-0.2, 0) is 0 Å². The second-order valence-corrected chi connectivity index (χ2v) is 7.51. The van der Waals surface area contributed by atoms with Crippen LogP contribution in [-0.4, -0.2) is 74.3 Å². The average molecular weight is 533 g/mol. The Morgan fingerprint density at radius 2 is 2.11 bits per heavy atom. The highest BCUT2D eigenvalue weighted by Gasteiger charge is 2.34. The number of aliphatic imine (C=N–C) groups is 1. The van der Waals surface area contributed by atoms with Crippen molar-refractivity contribution < 1.29 is 13.2 Å². The topological polar surface area (TPSA) is 42.9 Å². The van der Waals surface area contributed by atoms with Gasteiger partial charge in [-0.05, 0) is 41.9 Å². The number of thiophene rings is 1. The first-order chi connectivity index (χ1) is 12.9. The molecule has 28 heavy (non-hydrogen) atoms. The number of guanidine groups is 1. The fraction of sp³-hybridized carbons (Fsp3) is 0.722. The molecule has 1 aliphatic heterocycles. The van der Waals surface area contributed by atoms with Crippen molar-refractivity contribution in [3.8, 4) is 0 Å². The van der Waals surface area contributed by atoms with Gasteiger partial charge in [-0.2, -0.15) is 24.5 Å². The van der Waals surface area contributed by atoms with E-state index < -0.39 is 12.7 Å². The molecule has 0 radical (unpaired) electrons. The molecule has 10 heteroatoms. The van der Waals surface area contributed by atoms with E-state index in [0.717, 1.165) is 13.1 Å². The van der Waals surface area contributed by atoms with Crippen LogP contribution in [0.15, 0.2) is 21.8 Å². The molecule has 2 rings (SSSR count). The fourth-order valence-corrected chi connectivity index (χ4v) is 4.22. The van der Waals surface area contributed by atoms with Crippen LogP contribution in [0.5, 0.6) is 0 Å². The molecule has 1 aliphatic rings. The zero-order valence-electron chi connectivity index (χ0n) is 16.6. The summed E-state index contributed by atoms with van der Waals surface area (Å²) in [5.74, 6) is 0.640. The van der Waals surface area contributed by atoms with E-state index in [4.69, 9.17) is 0 Å². The van der Waals surface area contributed by atoms with Gasteiger partial charge < -0.3 is 10.6 Å². The molecular weight excluding hydrogens is 502 g/mol. The lowest BCUT2D eigenvalue weighted by molar-refractivity contribution is -0.143. The highest BCUT2D eigenvalue weighted by Crippen LogP contribution is 2.22. The number of nitrogens with one attached hydrogen (secondary N) is 2. The third-order valence-electron chi connectivity index (χ3n) is 4.88. The lowest BCUT2D eigenvalue weighted by atomic mass is 10.1. The van der Waals surface area contributed by atoms with E-state index in [1.807, 2.05) is 0 Å². The van der Waals surface area contributed by atoms with Crippen molar-refractivity contribution in [3.05, 3.63) is 22.4 Å². The predicted molar refractivity (Wildman–Crippen MR) is 121 cm³/mol. The van der Waals surface area contributed by atoms with Crippen LogP contribution in [0.3, 0.4) is 0 Å². The quantitative estimate of drug-likeness (QED) is 0.305. The molecule has 1 fully saturated rings. The molecule has 2 unspecified atom stereocenters. The Morgan fingerprint density at radius 1 is 1.39 bits per heavy atom. The summed E-state index contributed by atoms with van der Waals surface area (Å²) in [7, 11) is 1.69. The van der Waals surface area contributed by atoms with Gasteiger partial charge in [0.2, 0.25) is 0 Å². The molecule has 1 saturated heterocycles. The van der Waals surface area contributed by atoms with Crippen LogP contribution in [0.2, 0.25) is 0 Å².